The van der Waals surface area contributed by atoms with Crippen molar-refractivity contribution in [1.29, 1.82) is 0 Å². The Morgan fingerprint density at radius 2 is 1.48 bits per heavy atom. The van der Waals surface area contributed by atoms with Crippen molar-refractivity contribution < 1.29 is 4.79 Å². The molecule has 1 aromatic heterocycles. The topological polar surface area (TPSA) is 47.8 Å². The number of aromatic nitrogens is 3. The molecule has 3 aromatic rings. The van der Waals surface area contributed by atoms with Gasteiger partial charge in [-0.15, -0.1) is 5.10 Å². The molecule has 0 saturated carbocycles. The molecule has 0 unspecified atom stereocenters. The average molecular weight is 361 g/mol. The van der Waals surface area contributed by atoms with Crippen LogP contribution in [0.25, 0.3) is 11.3 Å². The van der Waals surface area contributed by atoms with Gasteiger partial charge in [0.2, 0.25) is 5.78 Å². The maximum Gasteiger partial charge on any atom is 0.215 e. The molecule has 27 heavy (non-hydrogen) atoms. The van der Waals surface area contributed by atoms with Crippen molar-refractivity contribution in [2.24, 2.45) is 0 Å². The molecular formula is C23H27N3O. The third-order valence-electron chi connectivity index (χ3n) is 4.76. The smallest absolute Gasteiger partial charge is 0.215 e. The van der Waals surface area contributed by atoms with Crippen LogP contribution in [0.15, 0.2) is 60.7 Å². The van der Waals surface area contributed by atoms with E-state index in [1.165, 1.54) is 32.1 Å². The lowest BCUT2D eigenvalue weighted by Crippen LogP contribution is -2.07. The van der Waals surface area contributed by atoms with Crippen molar-refractivity contribution in [3.63, 3.8) is 0 Å². The van der Waals surface area contributed by atoms with E-state index >= 15 is 0 Å². The first-order valence-electron chi connectivity index (χ1n) is 9.90. The summed E-state index contributed by atoms with van der Waals surface area (Å²) >= 11 is 0. The van der Waals surface area contributed by atoms with E-state index in [0.717, 1.165) is 24.2 Å². The molecule has 2 aromatic carbocycles. The molecule has 0 amide bonds. The Labute approximate surface area is 161 Å². The molecule has 0 saturated heterocycles. The maximum atomic E-state index is 13.0. The molecule has 4 heteroatoms. The number of ketones is 1. The number of benzene rings is 2. The zero-order valence-corrected chi connectivity index (χ0v) is 16.0. The highest BCUT2D eigenvalue weighted by atomic mass is 16.1. The first-order valence-corrected chi connectivity index (χ1v) is 9.90. The van der Waals surface area contributed by atoms with Crippen molar-refractivity contribution in [3.05, 3.63) is 71.9 Å². The summed E-state index contributed by atoms with van der Waals surface area (Å²) in [7, 11) is 0. The summed E-state index contributed by atoms with van der Waals surface area (Å²) in [5.41, 5.74) is 2.87. The first-order chi connectivity index (χ1) is 13.3. The molecule has 0 fully saturated rings. The molecular weight excluding hydrogens is 334 g/mol. The van der Waals surface area contributed by atoms with E-state index in [0.29, 0.717) is 11.3 Å². The molecule has 1 heterocycles. The van der Waals surface area contributed by atoms with Crippen LogP contribution in [0.2, 0.25) is 0 Å². The van der Waals surface area contributed by atoms with Crippen LogP contribution in [-0.2, 0) is 6.54 Å². The van der Waals surface area contributed by atoms with Crippen LogP contribution in [-0.4, -0.2) is 20.8 Å². The summed E-state index contributed by atoms with van der Waals surface area (Å²) in [6.45, 7) is 3.01. The van der Waals surface area contributed by atoms with Crippen molar-refractivity contribution in [3.8, 4) is 11.3 Å². The average Bonchev–Trinajstić information content (AvgIpc) is 3.15. The van der Waals surface area contributed by atoms with Crippen LogP contribution in [0.5, 0.6) is 0 Å². The van der Waals surface area contributed by atoms with E-state index in [2.05, 4.69) is 17.2 Å². The summed E-state index contributed by atoms with van der Waals surface area (Å²) in [4.78, 5) is 13.0. The van der Waals surface area contributed by atoms with Gasteiger partial charge in [0.05, 0.1) is 5.69 Å². The minimum Gasteiger partial charge on any atom is -0.287 e. The second-order valence-corrected chi connectivity index (χ2v) is 6.84. The van der Waals surface area contributed by atoms with Gasteiger partial charge < -0.3 is 0 Å². The van der Waals surface area contributed by atoms with Gasteiger partial charge in [-0.3, -0.25) is 4.79 Å². The van der Waals surface area contributed by atoms with Crippen molar-refractivity contribution in [2.45, 2.75) is 52.0 Å². The number of aryl methyl sites for hydroxylation is 1. The minimum atomic E-state index is -0.0800. The maximum absolute atomic E-state index is 13.0. The zero-order chi connectivity index (χ0) is 18.9. The Balaban J connectivity index is 1.82. The zero-order valence-electron chi connectivity index (χ0n) is 16.0. The summed E-state index contributed by atoms with van der Waals surface area (Å²) in [6.07, 6.45) is 7.32. The van der Waals surface area contributed by atoms with Gasteiger partial charge in [-0.05, 0) is 6.42 Å². The van der Waals surface area contributed by atoms with Crippen LogP contribution in [0.1, 0.15) is 61.5 Å². The van der Waals surface area contributed by atoms with E-state index in [1.54, 1.807) is 0 Å². The Bertz CT molecular complexity index is 841. The highest BCUT2D eigenvalue weighted by Gasteiger charge is 2.22. The summed E-state index contributed by atoms with van der Waals surface area (Å²) < 4.78 is 1.89. The molecule has 0 N–H and O–H groups in total. The lowest BCUT2D eigenvalue weighted by molar-refractivity contribution is 0.103. The highest BCUT2D eigenvalue weighted by molar-refractivity contribution is 6.10. The first kappa shape index (κ1) is 19.0. The molecule has 0 bridgehead atoms. The van der Waals surface area contributed by atoms with Crippen molar-refractivity contribution in [1.82, 2.24) is 15.0 Å². The normalized spacial score (nSPS) is 10.9. The fourth-order valence-corrected chi connectivity index (χ4v) is 3.27. The van der Waals surface area contributed by atoms with Gasteiger partial charge >= 0.3 is 0 Å². The molecule has 0 aliphatic carbocycles. The predicted octanol–water partition coefficient (Wildman–Crippen LogP) is 5.54. The third-order valence-corrected chi connectivity index (χ3v) is 4.76. The predicted molar refractivity (Wildman–Crippen MR) is 109 cm³/mol. The number of unbranched alkanes of at least 4 members (excludes halogenated alkanes) is 5. The fourth-order valence-electron chi connectivity index (χ4n) is 3.27. The molecule has 3 rings (SSSR count). The monoisotopic (exact) mass is 361 g/mol. The van der Waals surface area contributed by atoms with Crippen molar-refractivity contribution in [2.75, 3.05) is 0 Å². The van der Waals surface area contributed by atoms with Gasteiger partial charge in [-0.1, -0.05) is 105 Å². The Kier molecular flexibility index (Phi) is 6.91. The standard InChI is InChI=1S/C23H27N3O/c1-2-3-4-5-6-13-18-26-22(19-14-9-7-10-15-19)21(24-25-26)23(27)20-16-11-8-12-17-20/h7-12,14-17H,2-6,13,18H2,1H3. The van der Waals surface area contributed by atoms with Gasteiger partial charge in [-0.2, -0.15) is 0 Å². The van der Waals surface area contributed by atoms with Crippen LogP contribution in [0, 0.1) is 0 Å². The van der Waals surface area contributed by atoms with Gasteiger partial charge in [0.1, 0.15) is 0 Å². The second kappa shape index (κ2) is 9.81. The highest BCUT2D eigenvalue weighted by Crippen LogP contribution is 2.24. The SMILES string of the molecule is CCCCCCCCn1nnc(C(=O)c2ccccc2)c1-c1ccccc1. The lowest BCUT2D eigenvalue weighted by atomic mass is 10.0. The molecule has 0 aliphatic rings. The number of hydrogen-bond donors (Lipinski definition) is 0. The molecule has 4 nitrogen and oxygen atoms in total. The molecule has 0 atom stereocenters. The van der Waals surface area contributed by atoms with Crippen LogP contribution in [0.3, 0.4) is 0 Å². The van der Waals surface area contributed by atoms with Crippen molar-refractivity contribution >= 4 is 5.78 Å². The second-order valence-electron chi connectivity index (χ2n) is 6.84. The number of rotatable bonds is 10. The van der Waals surface area contributed by atoms with Crippen LogP contribution in [0.4, 0.5) is 0 Å². The number of hydrogen-bond acceptors (Lipinski definition) is 3. The number of carbonyl (C=O) groups excluding carboxylic acids is 1. The summed E-state index contributed by atoms with van der Waals surface area (Å²) in [5, 5.41) is 8.58. The third kappa shape index (κ3) is 4.91. The lowest BCUT2D eigenvalue weighted by Gasteiger charge is -2.08. The Hall–Kier alpha value is -2.75. The van der Waals surface area contributed by atoms with Gasteiger partial charge in [0.15, 0.2) is 5.69 Å². The summed E-state index contributed by atoms with van der Waals surface area (Å²) in [5.74, 6) is -0.0800. The van der Waals surface area contributed by atoms with E-state index < -0.39 is 0 Å². The Morgan fingerprint density at radius 1 is 0.852 bits per heavy atom. The largest absolute Gasteiger partial charge is 0.287 e. The van der Waals surface area contributed by atoms with E-state index in [9.17, 15) is 4.79 Å². The summed E-state index contributed by atoms with van der Waals surface area (Å²) in [6, 6.07) is 19.3. The van der Waals surface area contributed by atoms with Gasteiger partial charge in [0, 0.05) is 17.7 Å². The Morgan fingerprint density at radius 3 is 2.19 bits per heavy atom. The molecule has 0 radical (unpaired) electrons. The quantitative estimate of drug-likeness (QED) is 0.352. The van der Waals surface area contributed by atoms with Crippen LogP contribution < -0.4 is 0 Å². The van der Waals surface area contributed by atoms with Crippen LogP contribution >= 0.6 is 0 Å². The van der Waals surface area contributed by atoms with Gasteiger partial charge in [-0.25, -0.2) is 4.68 Å². The van der Waals surface area contributed by atoms with E-state index in [-0.39, 0.29) is 5.78 Å². The fraction of sp³-hybridized carbons (Fsp3) is 0.348. The van der Waals surface area contributed by atoms with E-state index in [1.807, 2.05) is 65.3 Å². The number of carbonyl (C=O) groups is 1. The number of nitrogens with zero attached hydrogens (tertiary/aromatic N) is 3. The van der Waals surface area contributed by atoms with E-state index in [4.69, 9.17) is 0 Å². The minimum absolute atomic E-state index is 0.0800. The van der Waals surface area contributed by atoms with Gasteiger partial charge in [0.25, 0.3) is 0 Å². The molecule has 0 aliphatic heterocycles. The molecule has 140 valence electrons. The molecule has 0 spiro atoms.